The van der Waals surface area contributed by atoms with E-state index in [0.29, 0.717) is 11.7 Å². The highest BCUT2D eigenvalue weighted by Gasteiger charge is 1.90. The molecule has 1 heterocycles. The zero-order valence-electron chi connectivity index (χ0n) is 3.06. The Hall–Kier alpha value is -0.370. The molecule has 0 N–H and O–H groups in total. The first kappa shape index (κ1) is 3.81. The molecule has 3 heteroatoms. The summed E-state index contributed by atoms with van der Waals surface area (Å²) in [5.41, 5.74) is 0. The molecule has 0 unspecified atom stereocenters. The van der Waals surface area contributed by atoms with E-state index >= 15 is 0 Å². The SMILES string of the molecule is ClC1=CCN=N1. The van der Waals surface area contributed by atoms with E-state index in [1.165, 1.54) is 0 Å². The van der Waals surface area contributed by atoms with E-state index in [2.05, 4.69) is 10.2 Å². The van der Waals surface area contributed by atoms with Crippen molar-refractivity contribution in [3.63, 3.8) is 0 Å². The van der Waals surface area contributed by atoms with Gasteiger partial charge in [-0.15, -0.1) is 5.11 Å². The van der Waals surface area contributed by atoms with Crippen LogP contribution in [0.5, 0.6) is 0 Å². The Balaban J connectivity index is 2.68. The molecule has 0 aromatic heterocycles. The van der Waals surface area contributed by atoms with Crippen LogP contribution in [-0.2, 0) is 0 Å². The molecule has 0 amide bonds. The lowest BCUT2D eigenvalue weighted by molar-refractivity contribution is 1.13. The summed E-state index contributed by atoms with van der Waals surface area (Å²) in [4.78, 5) is 0. The highest BCUT2D eigenvalue weighted by Crippen LogP contribution is 2.07. The second-order valence-electron chi connectivity index (χ2n) is 0.951. The summed E-state index contributed by atoms with van der Waals surface area (Å²) in [7, 11) is 0. The van der Waals surface area contributed by atoms with Gasteiger partial charge in [-0.05, 0) is 6.08 Å². The van der Waals surface area contributed by atoms with Crippen LogP contribution in [0.2, 0.25) is 0 Å². The topological polar surface area (TPSA) is 24.7 Å². The average molecular weight is 103 g/mol. The van der Waals surface area contributed by atoms with E-state index < -0.39 is 0 Å². The molecule has 0 fully saturated rings. The van der Waals surface area contributed by atoms with Gasteiger partial charge < -0.3 is 0 Å². The van der Waals surface area contributed by atoms with Crippen LogP contribution in [0.1, 0.15) is 0 Å². The fourth-order valence-corrected chi connectivity index (χ4v) is 0.388. The molecule has 0 saturated heterocycles. The monoisotopic (exact) mass is 102 g/mol. The molecule has 1 rings (SSSR count). The minimum absolute atomic E-state index is 0.509. The third-order valence-electron chi connectivity index (χ3n) is 0.508. The van der Waals surface area contributed by atoms with Crippen molar-refractivity contribution in [1.82, 2.24) is 0 Å². The van der Waals surface area contributed by atoms with Crippen LogP contribution in [-0.4, -0.2) is 6.54 Å². The van der Waals surface area contributed by atoms with Crippen molar-refractivity contribution in [2.45, 2.75) is 0 Å². The summed E-state index contributed by atoms with van der Waals surface area (Å²) in [6.45, 7) is 0.652. The second kappa shape index (κ2) is 1.39. The van der Waals surface area contributed by atoms with Crippen molar-refractivity contribution in [3.05, 3.63) is 11.2 Å². The third kappa shape index (κ3) is 0.571. The van der Waals surface area contributed by atoms with Crippen molar-refractivity contribution < 1.29 is 0 Å². The van der Waals surface area contributed by atoms with Gasteiger partial charge in [-0.25, -0.2) is 0 Å². The summed E-state index contributed by atoms with van der Waals surface area (Å²) in [5.74, 6) is 0. The number of hydrogen-bond acceptors (Lipinski definition) is 2. The Morgan fingerprint density at radius 1 is 1.83 bits per heavy atom. The quantitative estimate of drug-likeness (QED) is 0.415. The molecular weight excluding hydrogens is 99.5 g/mol. The highest BCUT2D eigenvalue weighted by atomic mass is 35.5. The zero-order valence-corrected chi connectivity index (χ0v) is 3.81. The summed E-state index contributed by atoms with van der Waals surface area (Å²) in [6.07, 6.45) is 1.75. The molecule has 0 bridgehead atoms. The van der Waals surface area contributed by atoms with Crippen LogP contribution in [0.3, 0.4) is 0 Å². The molecule has 0 spiro atoms. The normalized spacial score (nSPS) is 18.5. The van der Waals surface area contributed by atoms with Gasteiger partial charge in [-0.3, -0.25) is 0 Å². The predicted molar refractivity (Wildman–Crippen MR) is 23.7 cm³/mol. The van der Waals surface area contributed by atoms with Crippen LogP contribution in [0.15, 0.2) is 21.5 Å². The molecule has 2 nitrogen and oxygen atoms in total. The summed E-state index contributed by atoms with van der Waals surface area (Å²) in [6, 6.07) is 0. The summed E-state index contributed by atoms with van der Waals surface area (Å²) in [5, 5.41) is 7.56. The van der Waals surface area contributed by atoms with E-state index in [9.17, 15) is 0 Å². The molecule has 0 saturated carbocycles. The Kier molecular flexibility index (Phi) is 0.881. The van der Waals surface area contributed by atoms with Crippen molar-refractivity contribution in [2.75, 3.05) is 6.54 Å². The molecule has 0 radical (unpaired) electrons. The van der Waals surface area contributed by atoms with Gasteiger partial charge in [0, 0.05) is 0 Å². The molecule has 0 aliphatic carbocycles. The lowest BCUT2D eigenvalue weighted by atomic mass is 10.6. The Morgan fingerprint density at radius 3 is 2.83 bits per heavy atom. The van der Waals surface area contributed by atoms with E-state index in [1.807, 2.05) is 0 Å². The standard InChI is InChI=1S/C3H3ClN2/c4-3-1-2-5-6-3/h1H,2H2. The molecular formula is C3H3ClN2. The van der Waals surface area contributed by atoms with Gasteiger partial charge >= 0.3 is 0 Å². The van der Waals surface area contributed by atoms with Crippen molar-refractivity contribution in [1.29, 1.82) is 0 Å². The van der Waals surface area contributed by atoms with Crippen molar-refractivity contribution in [2.24, 2.45) is 10.2 Å². The Morgan fingerprint density at radius 2 is 2.67 bits per heavy atom. The molecule has 0 atom stereocenters. The third-order valence-corrected chi connectivity index (χ3v) is 0.738. The summed E-state index contributed by atoms with van der Waals surface area (Å²) < 4.78 is 0. The van der Waals surface area contributed by atoms with E-state index in [0.717, 1.165) is 0 Å². The minimum Gasteiger partial charge on any atom is -0.183 e. The molecule has 1 aliphatic heterocycles. The van der Waals surface area contributed by atoms with E-state index in [-0.39, 0.29) is 0 Å². The summed E-state index contributed by atoms with van der Waals surface area (Å²) >= 11 is 5.31. The Labute approximate surface area is 40.5 Å². The van der Waals surface area contributed by atoms with Crippen molar-refractivity contribution >= 4 is 11.6 Å². The van der Waals surface area contributed by atoms with Crippen LogP contribution >= 0.6 is 11.6 Å². The Bertz CT molecular complexity index is 103. The number of azo groups is 1. The van der Waals surface area contributed by atoms with Crippen LogP contribution < -0.4 is 0 Å². The number of rotatable bonds is 0. The van der Waals surface area contributed by atoms with Gasteiger partial charge in [0.1, 0.15) is 5.16 Å². The van der Waals surface area contributed by atoms with E-state index in [1.54, 1.807) is 6.08 Å². The molecule has 1 aliphatic rings. The maximum absolute atomic E-state index is 5.31. The van der Waals surface area contributed by atoms with Crippen LogP contribution in [0, 0.1) is 0 Å². The number of nitrogens with zero attached hydrogens (tertiary/aromatic N) is 2. The molecule has 6 heavy (non-hydrogen) atoms. The first-order valence-corrected chi connectivity index (χ1v) is 2.00. The maximum Gasteiger partial charge on any atom is 0.149 e. The van der Waals surface area contributed by atoms with E-state index in [4.69, 9.17) is 11.6 Å². The van der Waals surface area contributed by atoms with Crippen molar-refractivity contribution in [3.8, 4) is 0 Å². The lowest BCUT2D eigenvalue weighted by Crippen LogP contribution is -1.55. The van der Waals surface area contributed by atoms with Crippen LogP contribution in [0.4, 0.5) is 0 Å². The first-order valence-electron chi connectivity index (χ1n) is 1.63. The molecule has 32 valence electrons. The smallest absolute Gasteiger partial charge is 0.149 e. The van der Waals surface area contributed by atoms with Gasteiger partial charge in [0.25, 0.3) is 0 Å². The molecule has 0 aromatic carbocycles. The number of halogens is 1. The average Bonchev–Trinajstić information content (AvgIpc) is 1.86. The minimum atomic E-state index is 0.509. The zero-order chi connectivity index (χ0) is 4.41. The van der Waals surface area contributed by atoms with Crippen LogP contribution in [0.25, 0.3) is 0 Å². The highest BCUT2D eigenvalue weighted by molar-refractivity contribution is 6.29. The van der Waals surface area contributed by atoms with Gasteiger partial charge in [-0.1, -0.05) is 11.6 Å². The second-order valence-corrected chi connectivity index (χ2v) is 1.34. The fraction of sp³-hybridized carbons (Fsp3) is 0.333. The van der Waals surface area contributed by atoms with Gasteiger partial charge in [0.2, 0.25) is 0 Å². The van der Waals surface area contributed by atoms with Gasteiger partial charge in [0.05, 0.1) is 6.54 Å². The predicted octanol–water partition coefficient (Wildman–Crippen LogP) is 1.53. The van der Waals surface area contributed by atoms with Gasteiger partial charge in [-0.2, -0.15) is 5.11 Å². The molecule has 0 aromatic rings. The number of hydrogen-bond donors (Lipinski definition) is 0. The first-order chi connectivity index (χ1) is 2.89. The fourth-order valence-electron chi connectivity index (χ4n) is 0.265. The largest absolute Gasteiger partial charge is 0.183 e. The lowest BCUT2D eigenvalue weighted by Gasteiger charge is -1.65. The maximum atomic E-state index is 5.31. The van der Waals surface area contributed by atoms with Gasteiger partial charge in [0.15, 0.2) is 0 Å².